The van der Waals surface area contributed by atoms with E-state index in [4.69, 9.17) is 9.47 Å². The normalized spacial score (nSPS) is 27.6. The van der Waals surface area contributed by atoms with Crippen LogP contribution in [0.1, 0.15) is 43.8 Å². The second kappa shape index (κ2) is 8.31. The SMILES string of the molecule is O=C(NCC[C@@H]1CCCO1)N[C@@H]1CCO[C@H](c2ccccc2)C1. The van der Waals surface area contributed by atoms with Gasteiger partial charge in [-0.3, -0.25) is 0 Å². The van der Waals surface area contributed by atoms with Crippen LogP contribution >= 0.6 is 0 Å². The molecule has 1 aromatic carbocycles. The maximum atomic E-state index is 12.0. The molecule has 23 heavy (non-hydrogen) atoms. The van der Waals surface area contributed by atoms with Crippen molar-refractivity contribution in [3.05, 3.63) is 35.9 Å². The number of carbonyl (C=O) groups is 1. The van der Waals surface area contributed by atoms with Crippen molar-refractivity contribution in [1.82, 2.24) is 10.6 Å². The number of nitrogens with one attached hydrogen (secondary N) is 2. The average molecular weight is 318 g/mol. The van der Waals surface area contributed by atoms with E-state index in [0.29, 0.717) is 19.3 Å². The van der Waals surface area contributed by atoms with Crippen molar-refractivity contribution in [3.8, 4) is 0 Å². The highest BCUT2D eigenvalue weighted by Gasteiger charge is 2.25. The van der Waals surface area contributed by atoms with Gasteiger partial charge in [-0.25, -0.2) is 4.79 Å². The molecule has 3 rings (SSSR count). The first kappa shape index (κ1) is 16.3. The zero-order valence-electron chi connectivity index (χ0n) is 13.5. The van der Waals surface area contributed by atoms with E-state index < -0.39 is 0 Å². The molecule has 126 valence electrons. The minimum absolute atomic E-state index is 0.0714. The molecule has 2 amide bonds. The van der Waals surface area contributed by atoms with E-state index in [0.717, 1.165) is 38.7 Å². The van der Waals surface area contributed by atoms with Gasteiger partial charge in [0, 0.05) is 25.8 Å². The van der Waals surface area contributed by atoms with E-state index in [-0.39, 0.29) is 18.2 Å². The van der Waals surface area contributed by atoms with Gasteiger partial charge in [0.2, 0.25) is 0 Å². The van der Waals surface area contributed by atoms with Crippen molar-refractivity contribution in [1.29, 1.82) is 0 Å². The van der Waals surface area contributed by atoms with Crippen LogP contribution in [0.3, 0.4) is 0 Å². The second-order valence-electron chi connectivity index (χ2n) is 6.32. The Labute approximate surface area is 137 Å². The van der Waals surface area contributed by atoms with Gasteiger partial charge < -0.3 is 20.1 Å². The maximum absolute atomic E-state index is 12.0. The average Bonchev–Trinajstić information content (AvgIpc) is 3.09. The Hall–Kier alpha value is -1.59. The molecule has 2 N–H and O–H groups in total. The first-order chi connectivity index (χ1) is 11.3. The minimum Gasteiger partial charge on any atom is -0.378 e. The lowest BCUT2D eigenvalue weighted by molar-refractivity contribution is 0.00225. The van der Waals surface area contributed by atoms with E-state index in [1.54, 1.807) is 0 Å². The first-order valence-corrected chi connectivity index (χ1v) is 8.64. The molecule has 5 heteroatoms. The molecule has 0 radical (unpaired) electrons. The number of ether oxygens (including phenoxy) is 2. The number of hydrogen-bond donors (Lipinski definition) is 2. The Morgan fingerprint density at radius 1 is 1.13 bits per heavy atom. The summed E-state index contributed by atoms with van der Waals surface area (Å²) in [6.07, 6.45) is 5.23. The summed E-state index contributed by atoms with van der Waals surface area (Å²) in [5.41, 5.74) is 1.18. The molecule has 3 atom stereocenters. The number of amides is 2. The zero-order chi connectivity index (χ0) is 15.9. The van der Waals surface area contributed by atoms with Gasteiger partial charge in [-0.1, -0.05) is 30.3 Å². The molecule has 0 aliphatic carbocycles. The molecule has 2 fully saturated rings. The summed E-state index contributed by atoms with van der Waals surface area (Å²) in [4.78, 5) is 12.0. The number of hydrogen-bond acceptors (Lipinski definition) is 3. The van der Waals surface area contributed by atoms with Gasteiger partial charge in [-0.2, -0.15) is 0 Å². The summed E-state index contributed by atoms with van der Waals surface area (Å²) in [6, 6.07) is 10.3. The lowest BCUT2D eigenvalue weighted by Gasteiger charge is -2.30. The van der Waals surface area contributed by atoms with Gasteiger partial charge in [0.25, 0.3) is 0 Å². The summed E-state index contributed by atoms with van der Waals surface area (Å²) in [7, 11) is 0. The van der Waals surface area contributed by atoms with Crippen LogP contribution in [0.2, 0.25) is 0 Å². The highest BCUT2D eigenvalue weighted by molar-refractivity contribution is 5.74. The fraction of sp³-hybridized carbons (Fsp3) is 0.611. The number of urea groups is 1. The van der Waals surface area contributed by atoms with Gasteiger partial charge in [-0.15, -0.1) is 0 Å². The molecule has 0 bridgehead atoms. The van der Waals surface area contributed by atoms with Crippen LogP contribution in [0.25, 0.3) is 0 Å². The lowest BCUT2D eigenvalue weighted by Crippen LogP contribution is -2.45. The number of benzene rings is 1. The number of carbonyl (C=O) groups excluding carboxylic acids is 1. The van der Waals surface area contributed by atoms with Crippen LogP contribution in [-0.4, -0.2) is 37.9 Å². The Morgan fingerprint density at radius 2 is 2.00 bits per heavy atom. The Balaban J connectivity index is 1.39. The van der Waals surface area contributed by atoms with E-state index in [2.05, 4.69) is 22.8 Å². The summed E-state index contributed by atoms with van der Waals surface area (Å²) in [5, 5.41) is 6.01. The van der Waals surface area contributed by atoms with E-state index >= 15 is 0 Å². The molecule has 2 saturated heterocycles. The Morgan fingerprint density at radius 3 is 2.78 bits per heavy atom. The third kappa shape index (κ3) is 4.94. The topological polar surface area (TPSA) is 59.6 Å². The van der Waals surface area contributed by atoms with Crippen LogP contribution in [0.5, 0.6) is 0 Å². The van der Waals surface area contributed by atoms with Crippen LogP contribution in [-0.2, 0) is 9.47 Å². The van der Waals surface area contributed by atoms with Gasteiger partial charge in [0.05, 0.1) is 12.2 Å². The van der Waals surface area contributed by atoms with Crippen molar-refractivity contribution in [2.24, 2.45) is 0 Å². The van der Waals surface area contributed by atoms with E-state index in [9.17, 15) is 4.79 Å². The van der Waals surface area contributed by atoms with Crippen molar-refractivity contribution in [2.75, 3.05) is 19.8 Å². The van der Waals surface area contributed by atoms with E-state index in [1.165, 1.54) is 5.56 Å². The number of rotatable bonds is 5. The molecule has 2 heterocycles. The molecule has 2 aliphatic heterocycles. The van der Waals surface area contributed by atoms with Gasteiger partial charge >= 0.3 is 6.03 Å². The molecular formula is C18H26N2O3. The van der Waals surface area contributed by atoms with Gasteiger partial charge in [0.1, 0.15) is 0 Å². The molecule has 0 saturated carbocycles. The van der Waals surface area contributed by atoms with Crippen molar-refractivity contribution in [2.45, 2.75) is 50.4 Å². The molecular weight excluding hydrogens is 292 g/mol. The summed E-state index contributed by atoms with van der Waals surface area (Å²) in [6.45, 7) is 2.21. The largest absolute Gasteiger partial charge is 0.378 e. The Kier molecular flexibility index (Phi) is 5.88. The third-order valence-electron chi connectivity index (χ3n) is 4.57. The predicted octanol–water partition coefficient (Wildman–Crippen LogP) is 2.78. The summed E-state index contributed by atoms with van der Waals surface area (Å²) >= 11 is 0. The monoisotopic (exact) mass is 318 g/mol. The third-order valence-corrected chi connectivity index (χ3v) is 4.57. The summed E-state index contributed by atoms with van der Waals surface area (Å²) < 4.78 is 11.4. The first-order valence-electron chi connectivity index (χ1n) is 8.64. The molecule has 1 aromatic rings. The molecule has 0 unspecified atom stereocenters. The van der Waals surface area contributed by atoms with Gasteiger partial charge in [0.15, 0.2) is 0 Å². The van der Waals surface area contributed by atoms with Crippen LogP contribution in [0.15, 0.2) is 30.3 Å². The fourth-order valence-electron chi connectivity index (χ4n) is 3.28. The second-order valence-corrected chi connectivity index (χ2v) is 6.32. The van der Waals surface area contributed by atoms with Crippen molar-refractivity contribution in [3.63, 3.8) is 0 Å². The Bertz CT molecular complexity index is 488. The standard InChI is InChI=1S/C18H26N2O3/c21-18(19-10-8-16-7-4-11-22-16)20-15-9-12-23-17(13-15)14-5-2-1-3-6-14/h1-3,5-6,15-17H,4,7-13H2,(H2,19,20,21)/t15-,16+,17+/m1/s1. The van der Waals surface area contributed by atoms with Crippen LogP contribution in [0.4, 0.5) is 4.79 Å². The van der Waals surface area contributed by atoms with Crippen LogP contribution in [0, 0.1) is 0 Å². The van der Waals surface area contributed by atoms with Crippen molar-refractivity contribution >= 4 is 6.03 Å². The van der Waals surface area contributed by atoms with Crippen LogP contribution < -0.4 is 10.6 Å². The lowest BCUT2D eigenvalue weighted by atomic mass is 9.97. The van der Waals surface area contributed by atoms with Crippen molar-refractivity contribution < 1.29 is 14.3 Å². The minimum atomic E-state index is -0.0818. The summed E-state index contributed by atoms with van der Waals surface area (Å²) in [5.74, 6) is 0. The highest BCUT2D eigenvalue weighted by atomic mass is 16.5. The highest BCUT2D eigenvalue weighted by Crippen LogP contribution is 2.27. The fourth-order valence-corrected chi connectivity index (χ4v) is 3.28. The van der Waals surface area contributed by atoms with E-state index in [1.807, 2.05) is 18.2 Å². The predicted molar refractivity (Wildman–Crippen MR) is 88.3 cm³/mol. The van der Waals surface area contributed by atoms with Gasteiger partial charge in [-0.05, 0) is 37.7 Å². The molecule has 0 aromatic heterocycles. The molecule has 2 aliphatic rings. The maximum Gasteiger partial charge on any atom is 0.315 e. The smallest absolute Gasteiger partial charge is 0.315 e. The quantitative estimate of drug-likeness (QED) is 0.877. The molecule has 5 nitrogen and oxygen atoms in total. The zero-order valence-corrected chi connectivity index (χ0v) is 13.5. The molecule has 0 spiro atoms.